The SMILES string of the molecule is Cc1ccc(-c2nc(N3CCCNCC3)ncc2C)cc1. The third-order valence-corrected chi connectivity index (χ3v) is 3.91. The number of nitrogens with zero attached hydrogens (tertiary/aromatic N) is 3. The Labute approximate surface area is 126 Å². The monoisotopic (exact) mass is 282 g/mol. The van der Waals surface area contributed by atoms with Gasteiger partial charge in [0.1, 0.15) is 0 Å². The van der Waals surface area contributed by atoms with Gasteiger partial charge in [-0.25, -0.2) is 9.97 Å². The molecule has 110 valence electrons. The van der Waals surface area contributed by atoms with E-state index in [0.29, 0.717) is 0 Å². The van der Waals surface area contributed by atoms with Crippen molar-refractivity contribution < 1.29 is 0 Å². The van der Waals surface area contributed by atoms with Gasteiger partial charge in [-0.05, 0) is 32.4 Å². The summed E-state index contributed by atoms with van der Waals surface area (Å²) in [7, 11) is 0. The van der Waals surface area contributed by atoms with Crippen LogP contribution in [0, 0.1) is 13.8 Å². The van der Waals surface area contributed by atoms with Gasteiger partial charge < -0.3 is 10.2 Å². The first-order chi connectivity index (χ1) is 10.2. The van der Waals surface area contributed by atoms with Crippen molar-refractivity contribution in [2.75, 3.05) is 31.1 Å². The van der Waals surface area contributed by atoms with Crippen molar-refractivity contribution in [3.05, 3.63) is 41.6 Å². The molecule has 1 saturated heterocycles. The van der Waals surface area contributed by atoms with E-state index in [1.807, 2.05) is 6.20 Å². The Balaban J connectivity index is 1.93. The molecule has 0 unspecified atom stereocenters. The lowest BCUT2D eigenvalue weighted by Crippen LogP contribution is -2.29. The lowest BCUT2D eigenvalue weighted by Gasteiger charge is -2.20. The Morgan fingerprint density at radius 2 is 1.86 bits per heavy atom. The van der Waals surface area contributed by atoms with Crippen LogP contribution in [0.5, 0.6) is 0 Å². The predicted molar refractivity (Wildman–Crippen MR) is 86.6 cm³/mol. The molecular formula is C17H22N4. The lowest BCUT2D eigenvalue weighted by atomic mass is 10.1. The summed E-state index contributed by atoms with van der Waals surface area (Å²) in [6, 6.07) is 8.54. The van der Waals surface area contributed by atoms with E-state index in [0.717, 1.165) is 55.4 Å². The topological polar surface area (TPSA) is 41.1 Å². The Morgan fingerprint density at radius 3 is 2.67 bits per heavy atom. The van der Waals surface area contributed by atoms with Crippen LogP contribution in [0.2, 0.25) is 0 Å². The molecule has 1 aromatic heterocycles. The molecule has 0 aliphatic carbocycles. The van der Waals surface area contributed by atoms with Gasteiger partial charge in [-0.15, -0.1) is 0 Å². The van der Waals surface area contributed by atoms with Crippen molar-refractivity contribution in [2.45, 2.75) is 20.3 Å². The molecule has 2 heterocycles. The van der Waals surface area contributed by atoms with Crippen LogP contribution < -0.4 is 10.2 Å². The van der Waals surface area contributed by atoms with Crippen LogP contribution in [0.15, 0.2) is 30.5 Å². The average molecular weight is 282 g/mol. The number of benzene rings is 1. The molecule has 0 amide bonds. The fraction of sp³-hybridized carbons (Fsp3) is 0.412. The zero-order valence-corrected chi connectivity index (χ0v) is 12.8. The summed E-state index contributed by atoms with van der Waals surface area (Å²) in [5.74, 6) is 0.847. The van der Waals surface area contributed by atoms with E-state index in [1.54, 1.807) is 0 Å². The molecule has 1 N–H and O–H groups in total. The molecule has 0 radical (unpaired) electrons. The Kier molecular flexibility index (Phi) is 4.15. The number of hydrogen-bond donors (Lipinski definition) is 1. The first-order valence-corrected chi connectivity index (χ1v) is 7.60. The van der Waals surface area contributed by atoms with Crippen molar-refractivity contribution in [1.29, 1.82) is 0 Å². The van der Waals surface area contributed by atoms with Gasteiger partial charge in [0.25, 0.3) is 0 Å². The third kappa shape index (κ3) is 3.22. The molecule has 4 heteroatoms. The number of aryl methyl sites for hydroxylation is 2. The van der Waals surface area contributed by atoms with Crippen molar-refractivity contribution >= 4 is 5.95 Å². The number of nitrogens with one attached hydrogen (secondary N) is 1. The Bertz CT molecular complexity index is 599. The molecule has 3 rings (SSSR count). The Morgan fingerprint density at radius 1 is 1.05 bits per heavy atom. The molecule has 1 aliphatic rings. The highest BCUT2D eigenvalue weighted by atomic mass is 15.3. The van der Waals surface area contributed by atoms with Gasteiger partial charge in [0.05, 0.1) is 5.69 Å². The molecule has 1 aliphatic heterocycles. The average Bonchev–Trinajstić information content (AvgIpc) is 2.78. The van der Waals surface area contributed by atoms with E-state index in [2.05, 4.69) is 53.3 Å². The van der Waals surface area contributed by atoms with E-state index < -0.39 is 0 Å². The highest BCUT2D eigenvalue weighted by molar-refractivity contribution is 5.64. The van der Waals surface area contributed by atoms with Crippen LogP contribution in [-0.4, -0.2) is 36.1 Å². The molecule has 1 fully saturated rings. The van der Waals surface area contributed by atoms with Crippen LogP contribution >= 0.6 is 0 Å². The summed E-state index contributed by atoms with van der Waals surface area (Å²) >= 11 is 0. The maximum atomic E-state index is 4.82. The van der Waals surface area contributed by atoms with Crippen LogP contribution in [0.4, 0.5) is 5.95 Å². The van der Waals surface area contributed by atoms with Crippen LogP contribution in [0.1, 0.15) is 17.5 Å². The minimum Gasteiger partial charge on any atom is -0.339 e. The molecule has 0 bridgehead atoms. The number of rotatable bonds is 2. The zero-order chi connectivity index (χ0) is 14.7. The minimum absolute atomic E-state index is 0.847. The van der Waals surface area contributed by atoms with Crippen molar-refractivity contribution in [2.24, 2.45) is 0 Å². The van der Waals surface area contributed by atoms with Gasteiger partial charge in [-0.2, -0.15) is 0 Å². The summed E-state index contributed by atoms with van der Waals surface area (Å²) in [4.78, 5) is 11.6. The van der Waals surface area contributed by atoms with Crippen molar-refractivity contribution in [3.8, 4) is 11.3 Å². The second-order valence-electron chi connectivity index (χ2n) is 5.66. The zero-order valence-electron chi connectivity index (χ0n) is 12.8. The molecule has 0 spiro atoms. The van der Waals surface area contributed by atoms with E-state index in [4.69, 9.17) is 4.98 Å². The van der Waals surface area contributed by atoms with Gasteiger partial charge >= 0.3 is 0 Å². The number of aromatic nitrogens is 2. The minimum atomic E-state index is 0.847. The standard InChI is InChI=1S/C17H22N4/c1-13-4-6-15(7-5-13)16-14(2)12-19-17(20-16)21-10-3-8-18-9-11-21/h4-7,12,18H,3,8-11H2,1-2H3. The van der Waals surface area contributed by atoms with Gasteiger partial charge in [0.2, 0.25) is 5.95 Å². The first-order valence-electron chi connectivity index (χ1n) is 7.60. The molecule has 1 aromatic carbocycles. The second-order valence-corrected chi connectivity index (χ2v) is 5.66. The van der Waals surface area contributed by atoms with Crippen molar-refractivity contribution in [3.63, 3.8) is 0 Å². The highest BCUT2D eigenvalue weighted by Crippen LogP contribution is 2.23. The fourth-order valence-electron chi connectivity index (χ4n) is 2.63. The summed E-state index contributed by atoms with van der Waals surface area (Å²) in [5, 5.41) is 3.41. The van der Waals surface area contributed by atoms with Gasteiger partial charge in [-0.3, -0.25) is 0 Å². The predicted octanol–water partition coefficient (Wildman–Crippen LogP) is 2.56. The maximum absolute atomic E-state index is 4.82. The lowest BCUT2D eigenvalue weighted by molar-refractivity contribution is 0.724. The molecule has 21 heavy (non-hydrogen) atoms. The second kappa shape index (κ2) is 6.22. The molecule has 0 saturated carbocycles. The highest BCUT2D eigenvalue weighted by Gasteiger charge is 2.14. The molecule has 2 aromatic rings. The summed E-state index contributed by atoms with van der Waals surface area (Å²) in [6.07, 6.45) is 3.08. The largest absolute Gasteiger partial charge is 0.339 e. The summed E-state index contributed by atoms with van der Waals surface area (Å²) in [6.45, 7) is 8.24. The molecule has 0 atom stereocenters. The van der Waals surface area contributed by atoms with Crippen LogP contribution in [-0.2, 0) is 0 Å². The maximum Gasteiger partial charge on any atom is 0.225 e. The third-order valence-electron chi connectivity index (χ3n) is 3.91. The summed E-state index contributed by atoms with van der Waals surface area (Å²) < 4.78 is 0. The van der Waals surface area contributed by atoms with E-state index >= 15 is 0 Å². The quantitative estimate of drug-likeness (QED) is 0.919. The molecule has 4 nitrogen and oxygen atoms in total. The number of hydrogen-bond acceptors (Lipinski definition) is 4. The normalized spacial score (nSPS) is 15.8. The summed E-state index contributed by atoms with van der Waals surface area (Å²) in [5.41, 5.74) is 4.59. The number of anilines is 1. The Hall–Kier alpha value is -1.94. The molecular weight excluding hydrogens is 260 g/mol. The van der Waals surface area contributed by atoms with Gasteiger partial charge in [0.15, 0.2) is 0 Å². The van der Waals surface area contributed by atoms with E-state index in [1.165, 1.54) is 5.56 Å². The van der Waals surface area contributed by atoms with Crippen LogP contribution in [0.3, 0.4) is 0 Å². The smallest absolute Gasteiger partial charge is 0.225 e. The van der Waals surface area contributed by atoms with E-state index in [-0.39, 0.29) is 0 Å². The van der Waals surface area contributed by atoms with Gasteiger partial charge in [-0.1, -0.05) is 29.8 Å². The van der Waals surface area contributed by atoms with Crippen molar-refractivity contribution in [1.82, 2.24) is 15.3 Å². The first kappa shape index (κ1) is 14.0. The van der Waals surface area contributed by atoms with Gasteiger partial charge in [0, 0.05) is 31.4 Å². The van der Waals surface area contributed by atoms with Crippen LogP contribution in [0.25, 0.3) is 11.3 Å². The fourth-order valence-corrected chi connectivity index (χ4v) is 2.63. The van der Waals surface area contributed by atoms with E-state index in [9.17, 15) is 0 Å².